The van der Waals surface area contributed by atoms with Crippen LogP contribution in [-0.4, -0.2) is 43.2 Å². The summed E-state index contributed by atoms with van der Waals surface area (Å²) in [4.78, 5) is 14.3. The predicted octanol–water partition coefficient (Wildman–Crippen LogP) is 0.609. The minimum Gasteiger partial charge on any atom is -0.377 e. The second-order valence-electron chi connectivity index (χ2n) is 5.01. The van der Waals surface area contributed by atoms with Gasteiger partial charge in [-0.15, -0.1) is 0 Å². The molecule has 1 saturated carbocycles. The molecule has 0 bridgehead atoms. The number of nitrogens with zero attached hydrogens (tertiary/aromatic N) is 1. The van der Waals surface area contributed by atoms with Gasteiger partial charge in [0, 0.05) is 19.0 Å². The molecule has 3 atom stereocenters. The Morgan fingerprint density at radius 2 is 2.31 bits per heavy atom. The van der Waals surface area contributed by atoms with E-state index >= 15 is 0 Å². The standard InChI is InChI=1S/C12H22N2O2/c1-9-3-2-4-11(9)12(15)14-5-6-16-8-10(14)7-13/h9-11H,2-8,13H2,1H3. The van der Waals surface area contributed by atoms with Gasteiger partial charge in [0.15, 0.2) is 0 Å². The number of amides is 1. The zero-order valence-electron chi connectivity index (χ0n) is 10.0. The minimum atomic E-state index is 0.0917. The highest BCUT2D eigenvalue weighted by Gasteiger charge is 2.36. The van der Waals surface area contributed by atoms with Crippen LogP contribution in [0.15, 0.2) is 0 Å². The van der Waals surface area contributed by atoms with Crippen LogP contribution in [0.2, 0.25) is 0 Å². The molecule has 1 saturated heterocycles. The minimum absolute atomic E-state index is 0.0917. The molecule has 2 N–H and O–H groups in total. The van der Waals surface area contributed by atoms with Gasteiger partial charge in [0.25, 0.3) is 0 Å². The summed E-state index contributed by atoms with van der Waals surface area (Å²) in [7, 11) is 0. The number of ether oxygens (including phenoxy) is 1. The van der Waals surface area contributed by atoms with Crippen LogP contribution < -0.4 is 5.73 Å². The van der Waals surface area contributed by atoms with Gasteiger partial charge in [-0.25, -0.2) is 0 Å². The topological polar surface area (TPSA) is 55.6 Å². The molecular weight excluding hydrogens is 204 g/mol. The van der Waals surface area contributed by atoms with E-state index in [1.807, 2.05) is 4.90 Å². The second kappa shape index (κ2) is 5.15. The first kappa shape index (κ1) is 11.9. The molecule has 4 heteroatoms. The van der Waals surface area contributed by atoms with Crippen molar-refractivity contribution >= 4 is 5.91 Å². The van der Waals surface area contributed by atoms with Crippen molar-refractivity contribution in [3.05, 3.63) is 0 Å². The molecule has 1 amide bonds. The van der Waals surface area contributed by atoms with Crippen LogP contribution in [0, 0.1) is 11.8 Å². The van der Waals surface area contributed by atoms with Gasteiger partial charge in [-0.05, 0) is 18.8 Å². The van der Waals surface area contributed by atoms with E-state index in [9.17, 15) is 4.79 Å². The Balaban J connectivity index is 2.01. The van der Waals surface area contributed by atoms with Crippen molar-refractivity contribution in [2.75, 3.05) is 26.3 Å². The SMILES string of the molecule is CC1CCCC1C(=O)N1CCOCC1CN. The molecule has 3 unspecified atom stereocenters. The van der Waals surface area contributed by atoms with Crippen molar-refractivity contribution in [1.29, 1.82) is 0 Å². The molecule has 4 nitrogen and oxygen atoms in total. The van der Waals surface area contributed by atoms with Crippen LogP contribution in [0.3, 0.4) is 0 Å². The Hall–Kier alpha value is -0.610. The Morgan fingerprint density at radius 1 is 1.50 bits per heavy atom. The maximum atomic E-state index is 12.4. The number of carbonyl (C=O) groups is 1. The van der Waals surface area contributed by atoms with Crippen LogP contribution in [0.4, 0.5) is 0 Å². The van der Waals surface area contributed by atoms with Crippen molar-refractivity contribution in [1.82, 2.24) is 4.90 Å². The maximum absolute atomic E-state index is 12.4. The van der Waals surface area contributed by atoms with E-state index < -0.39 is 0 Å². The van der Waals surface area contributed by atoms with E-state index in [1.165, 1.54) is 12.8 Å². The summed E-state index contributed by atoms with van der Waals surface area (Å²) in [6.45, 7) is 4.66. The summed E-state index contributed by atoms with van der Waals surface area (Å²) >= 11 is 0. The number of rotatable bonds is 2. The maximum Gasteiger partial charge on any atom is 0.226 e. The van der Waals surface area contributed by atoms with Crippen LogP contribution >= 0.6 is 0 Å². The molecule has 1 aliphatic carbocycles. The summed E-state index contributed by atoms with van der Waals surface area (Å²) in [6, 6.07) is 0.0917. The third-order valence-electron chi connectivity index (χ3n) is 3.96. The van der Waals surface area contributed by atoms with Crippen LogP contribution in [0.1, 0.15) is 26.2 Å². The zero-order chi connectivity index (χ0) is 11.5. The molecule has 0 aromatic carbocycles. The first-order valence-corrected chi connectivity index (χ1v) is 6.32. The Labute approximate surface area is 97.1 Å². The van der Waals surface area contributed by atoms with E-state index in [4.69, 9.17) is 10.5 Å². The number of carbonyl (C=O) groups excluding carboxylic acids is 1. The largest absolute Gasteiger partial charge is 0.377 e. The van der Waals surface area contributed by atoms with Crippen molar-refractivity contribution in [3.8, 4) is 0 Å². The number of nitrogens with two attached hydrogens (primary N) is 1. The lowest BCUT2D eigenvalue weighted by molar-refractivity contribution is -0.144. The highest BCUT2D eigenvalue weighted by molar-refractivity contribution is 5.79. The quantitative estimate of drug-likeness (QED) is 0.750. The first-order valence-electron chi connectivity index (χ1n) is 6.32. The monoisotopic (exact) mass is 226 g/mol. The summed E-state index contributed by atoms with van der Waals surface area (Å²) in [5.74, 6) is 1.07. The van der Waals surface area contributed by atoms with E-state index in [1.54, 1.807) is 0 Å². The van der Waals surface area contributed by atoms with Gasteiger partial charge in [-0.3, -0.25) is 4.79 Å². The molecule has 1 aliphatic heterocycles. The molecular formula is C12H22N2O2. The van der Waals surface area contributed by atoms with Crippen molar-refractivity contribution in [2.24, 2.45) is 17.6 Å². The summed E-state index contributed by atoms with van der Waals surface area (Å²) in [5, 5.41) is 0. The fourth-order valence-corrected chi connectivity index (χ4v) is 2.87. The number of hydrogen-bond acceptors (Lipinski definition) is 3. The first-order chi connectivity index (χ1) is 7.74. The molecule has 92 valence electrons. The van der Waals surface area contributed by atoms with E-state index in [2.05, 4.69) is 6.92 Å². The molecule has 2 rings (SSSR count). The molecule has 1 heterocycles. The lowest BCUT2D eigenvalue weighted by Crippen LogP contribution is -2.54. The summed E-state index contributed by atoms with van der Waals surface area (Å²) < 4.78 is 5.37. The molecule has 16 heavy (non-hydrogen) atoms. The van der Waals surface area contributed by atoms with E-state index in [0.717, 1.165) is 6.42 Å². The summed E-state index contributed by atoms with van der Waals surface area (Å²) in [6.07, 6.45) is 3.43. The van der Waals surface area contributed by atoms with E-state index in [0.29, 0.717) is 38.1 Å². The Kier molecular flexibility index (Phi) is 3.82. The highest BCUT2D eigenvalue weighted by Crippen LogP contribution is 2.33. The molecule has 0 spiro atoms. The van der Waals surface area contributed by atoms with Crippen molar-refractivity contribution in [3.63, 3.8) is 0 Å². The average molecular weight is 226 g/mol. The van der Waals surface area contributed by atoms with Crippen LogP contribution in [0.25, 0.3) is 0 Å². The van der Waals surface area contributed by atoms with Gasteiger partial charge in [0.05, 0.1) is 19.3 Å². The normalized spacial score (nSPS) is 35.4. The van der Waals surface area contributed by atoms with Gasteiger partial charge < -0.3 is 15.4 Å². The molecule has 0 aromatic rings. The van der Waals surface area contributed by atoms with Crippen molar-refractivity contribution in [2.45, 2.75) is 32.2 Å². The Bertz CT molecular complexity index is 257. The molecule has 0 radical (unpaired) electrons. The fourth-order valence-electron chi connectivity index (χ4n) is 2.87. The molecule has 2 aliphatic rings. The zero-order valence-corrected chi connectivity index (χ0v) is 10.0. The van der Waals surface area contributed by atoms with Crippen LogP contribution in [0.5, 0.6) is 0 Å². The lowest BCUT2D eigenvalue weighted by Gasteiger charge is -2.37. The molecule has 2 fully saturated rings. The number of hydrogen-bond donors (Lipinski definition) is 1. The van der Waals surface area contributed by atoms with Gasteiger partial charge in [0.2, 0.25) is 5.91 Å². The highest BCUT2D eigenvalue weighted by atomic mass is 16.5. The third-order valence-corrected chi connectivity index (χ3v) is 3.96. The summed E-state index contributed by atoms with van der Waals surface area (Å²) in [5.41, 5.74) is 5.69. The third kappa shape index (κ3) is 2.23. The predicted molar refractivity (Wildman–Crippen MR) is 61.9 cm³/mol. The van der Waals surface area contributed by atoms with Gasteiger partial charge in [-0.2, -0.15) is 0 Å². The van der Waals surface area contributed by atoms with Crippen molar-refractivity contribution < 1.29 is 9.53 Å². The Morgan fingerprint density at radius 3 is 2.94 bits per heavy atom. The smallest absolute Gasteiger partial charge is 0.226 e. The second-order valence-corrected chi connectivity index (χ2v) is 5.01. The van der Waals surface area contributed by atoms with Crippen LogP contribution in [-0.2, 0) is 9.53 Å². The van der Waals surface area contributed by atoms with Gasteiger partial charge >= 0.3 is 0 Å². The average Bonchev–Trinajstić information content (AvgIpc) is 2.74. The van der Waals surface area contributed by atoms with E-state index in [-0.39, 0.29) is 12.0 Å². The fraction of sp³-hybridized carbons (Fsp3) is 0.917. The van der Waals surface area contributed by atoms with Gasteiger partial charge in [0.1, 0.15) is 0 Å². The number of morpholine rings is 1. The lowest BCUT2D eigenvalue weighted by atomic mass is 9.95. The van der Waals surface area contributed by atoms with Gasteiger partial charge in [-0.1, -0.05) is 13.3 Å². The molecule has 0 aromatic heterocycles.